The molecule has 0 aromatic heterocycles. The van der Waals surface area contributed by atoms with E-state index in [0.717, 1.165) is 94.9 Å². The lowest BCUT2D eigenvalue weighted by atomic mass is 9.53. The molecule has 0 radical (unpaired) electrons. The van der Waals surface area contributed by atoms with Crippen LogP contribution >= 0.6 is 0 Å². The molecular weight excluding hydrogens is 755 g/mol. The Morgan fingerprint density at radius 3 is 1.38 bits per heavy atom. The molecule has 0 spiro atoms. The average Bonchev–Trinajstić information content (AvgIpc) is 3.22. The van der Waals surface area contributed by atoms with Crippen molar-refractivity contribution in [3.8, 4) is 0 Å². The Labute approximate surface area is 378 Å². The van der Waals surface area contributed by atoms with E-state index in [4.69, 9.17) is 4.74 Å². The molecule has 4 bridgehead atoms. The van der Waals surface area contributed by atoms with Crippen molar-refractivity contribution in [2.75, 3.05) is 33.8 Å². The number of rotatable bonds is 41. The Morgan fingerprint density at radius 1 is 0.525 bits per heavy atom. The summed E-state index contributed by atoms with van der Waals surface area (Å²) in [5.74, 6) is 2.45. The van der Waals surface area contributed by atoms with E-state index >= 15 is 0 Å². The molecule has 0 aliphatic heterocycles. The molecular formula is C54H101N3O4. The standard InChI is InChI=1S/C54H101N3O4/c1-5-7-9-11-13-15-17-19-21-23-25-27-31-36-51(58)57(39-34-38-56(3)4)50(53(60)55-54-44-47-41-48(45-54)43-49(42-47)46-54)35-30-29-33-40-61-52(59)37-32-28-26-24-22-20-18-16-14-12-10-8-6-2/h47-50H,5-46H2,1-4H3,(H,55,60). The van der Waals surface area contributed by atoms with Gasteiger partial charge in [-0.2, -0.15) is 0 Å². The van der Waals surface area contributed by atoms with Gasteiger partial charge in [-0.15, -0.1) is 0 Å². The summed E-state index contributed by atoms with van der Waals surface area (Å²) in [6, 6.07) is -0.428. The van der Waals surface area contributed by atoms with E-state index in [0.29, 0.717) is 32.4 Å². The van der Waals surface area contributed by atoms with Crippen LogP contribution in [0.4, 0.5) is 0 Å². The van der Waals surface area contributed by atoms with Crippen molar-refractivity contribution in [2.24, 2.45) is 17.8 Å². The third-order valence-corrected chi connectivity index (χ3v) is 14.8. The van der Waals surface area contributed by atoms with Gasteiger partial charge in [0.05, 0.1) is 6.61 Å². The van der Waals surface area contributed by atoms with Crippen LogP contribution < -0.4 is 5.32 Å². The predicted octanol–water partition coefficient (Wildman–Crippen LogP) is 14.3. The summed E-state index contributed by atoms with van der Waals surface area (Å²) in [4.78, 5) is 45.4. The Bertz CT molecular complexity index is 1090. The second-order valence-corrected chi connectivity index (χ2v) is 21.0. The summed E-state index contributed by atoms with van der Waals surface area (Å²) in [5.41, 5.74) is -0.0705. The minimum absolute atomic E-state index is 0.0678. The van der Waals surface area contributed by atoms with Gasteiger partial charge in [0.1, 0.15) is 6.04 Å². The van der Waals surface area contributed by atoms with Gasteiger partial charge in [-0.1, -0.05) is 174 Å². The minimum atomic E-state index is -0.428. The van der Waals surface area contributed by atoms with Crippen molar-refractivity contribution in [3.63, 3.8) is 0 Å². The van der Waals surface area contributed by atoms with E-state index in [1.54, 1.807) is 0 Å². The van der Waals surface area contributed by atoms with E-state index in [-0.39, 0.29) is 23.3 Å². The van der Waals surface area contributed by atoms with Crippen molar-refractivity contribution in [1.82, 2.24) is 15.1 Å². The maximum Gasteiger partial charge on any atom is 0.305 e. The largest absolute Gasteiger partial charge is 0.466 e. The minimum Gasteiger partial charge on any atom is -0.466 e. The second kappa shape index (κ2) is 33.8. The van der Waals surface area contributed by atoms with Crippen LogP contribution in [0.2, 0.25) is 0 Å². The number of esters is 1. The lowest BCUT2D eigenvalue weighted by Gasteiger charge is -2.57. The molecule has 4 saturated carbocycles. The van der Waals surface area contributed by atoms with Crippen molar-refractivity contribution < 1.29 is 19.1 Å². The van der Waals surface area contributed by atoms with Gasteiger partial charge in [-0.3, -0.25) is 14.4 Å². The molecule has 4 aliphatic carbocycles. The van der Waals surface area contributed by atoms with Crippen LogP contribution in [0.1, 0.15) is 264 Å². The van der Waals surface area contributed by atoms with Crippen LogP contribution in [0.3, 0.4) is 0 Å². The summed E-state index contributed by atoms with van der Waals surface area (Å²) in [5, 5.41) is 3.68. The lowest BCUT2D eigenvalue weighted by Crippen LogP contribution is -2.63. The van der Waals surface area contributed by atoms with Gasteiger partial charge in [0.2, 0.25) is 11.8 Å². The number of nitrogens with zero attached hydrogens (tertiary/aromatic N) is 2. The van der Waals surface area contributed by atoms with Crippen LogP contribution in [-0.2, 0) is 19.1 Å². The fourth-order valence-electron chi connectivity index (χ4n) is 11.6. The number of amides is 2. The quantitative estimate of drug-likeness (QED) is 0.0489. The number of nitrogens with one attached hydrogen (secondary N) is 1. The molecule has 1 unspecified atom stereocenters. The maximum absolute atomic E-state index is 14.5. The summed E-state index contributed by atoms with van der Waals surface area (Å²) < 4.78 is 5.65. The molecule has 0 aromatic rings. The first-order valence-corrected chi connectivity index (χ1v) is 27.2. The zero-order valence-electron chi connectivity index (χ0n) is 41.0. The van der Waals surface area contributed by atoms with Crippen molar-refractivity contribution in [1.29, 1.82) is 0 Å². The third kappa shape index (κ3) is 24.3. The fourth-order valence-corrected chi connectivity index (χ4v) is 11.6. The van der Waals surface area contributed by atoms with Crippen molar-refractivity contribution in [3.05, 3.63) is 0 Å². The van der Waals surface area contributed by atoms with E-state index in [9.17, 15) is 14.4 Å². The molecule has 4 fully saturated rings. The molecule has 61 heavy (non-hydrogen) atoms. The number of unbranched alkanes of at least 4 members (excludes halogenated alkanes) is 26. The molecule has 0 heterocycles. The molecule has 4 rings (SSSR count). The molecule has 2 amide bonds. The summed E-state index contributed by atoms with van der Waals surface area (Å²) in [6.07, 6.45) is 46.2. The highest BCUT2D eigenvalue weighted by molar-refractivity contribution is 5.88. The Kier molecular flexibility index (Phi) is 29.8. The fraction of sp³-hybridized carbons (Fsp3) is 0.944. The highest BCUT2D eigenvalue weighted by Gasteiger charge is 2.52. The highest BCUT2D eigenvalue weighted by Crippen LogP contribution is 2.55. The maximum atomic E-state index is 14.5. The summed E-state index contributed by atoms with van der Waals surface area (Å²) >= 11 is 0. The van der Waals surface area contributed by atoms with Crippen LogP contribution in [0.5, 0.6) is 0 Å². The van der Waals surface area contributed by atoms with Crippen molar-refractivity contribution >= 4 is 17.8 Å². The number of hydrogen-bond acceptors (Lipinski definition) is 5. The van der Waals surface area contributed by atoms with E-state index in [2.05, 4.69) is 38.2 Å². The number of ether oxygens (including phenoxy) is 1. The van der Waals surface area contributed by atoms with Crippen LogP contribution in [0.25, 0.3) is 0 Å². The van der Waals surface area contributed by atoms with Gasteiger partial charge in [0.15, 0.2) is 0 Å². The molecule has 356 valence electrons. The van der Waals surface area contributed by atoms with Gasteiger partial charge < -0.3 is 19.9 Å². The molecule has 1 atom stereocenters. The SMILES string of the molecule is CCCCCCCCCCCCCCCC(=O)OCCCCCC(C(=O)NC12CC3CC(CC(C3)C1)C2)N(CCCN(C)C)C(=O)CCCCCCCCCCCCCCC. The van der Waals surface area contributed by atoms with E-state index < -0.39 is 6.04 Å². The monoisotopic (exact) mass is 856 g/mol. The molecule has 7 heteroatoms. The zero-order chi connectivity index (χ0) is 43.8. The van der Waals surface area contributed by atoms with Gasteiger partial charge in [0.25, 0.3) is 0 Å². The summed E-state index contributed by atoms with van der Waals surface area (Å²) in [7, 11) is 4.17. The van der Waals surface area contributed by atoms with Gasteiger partial charge in [-0.25, -0.2) is 0 Å². The first-order valence-electron chi connectivity index (χ1n) is 27.2. The van der Waals surface area contributed by atoms with Gasteiger partial charge in [0, 0.05) is 24.9 Å². The molecule has 0 saturated heterocycles. The van der Waals surface area contributed by atoms with Gasteiger partial charge in [-0.05, 0) is 115 Å². The molecule has 4 aliphatic rings. The Hall–Kier alpha value is -1.63. The summed E-state index contributed by atoms with van der Waals surface area (Å²) in [6.45, 7) is 6.54. The normalized spacial score (nSPS) is 21.0. The Balaban J connectivity index is 1.41. The zero-order valence-corrected chi connectivity index (χ0v) is 41.0. The molecule has 0 aromatic carbocycles. The third-order valence-electron chi connectivity index (χ3n) is 14.8. The average molecular weight is 856 g/mol. The van der Waals surface area contributed by atoms with Gasteiger partial charge >= 0.3 is 5.97 Å². The van der Waals surface area contributed by atoms with Crippen molar-refractivity contribution in [2.45, 2.75) is 276 Å². The predicted molar refractivity (Wildman–Crippen MR) is 258 cm³/mol. The van der Waals surface area contributed by atoms with E-state index in [1.165, 1.54) is 161 Å². The smallest absolute Gasteiger partial charge is 0.305 e. The topological polar surface area (TPSA) is 79.0 Å². The number of carbonyl (C=O) groups is 3. The number of hydrogen-bond donors (Lipinski definition) is 1. The van der Waals surface area contributed by atoms with Crippen LogP contribution in [-0.4, -0.2) is 73.0 Å². The number of carbonyl (C=O) groups excluding carboxylic acids is 3. The first-order chi connectivity index (χ1) is 29.7. The van der Waals surface area contributed by atoms with Crippen LogP contribution in [0, 0.1) is 17.8 Å². The van der Waals surface area contributed by atoms with E-state index in [1.807, 2.05) is 4.90 Å². The Morgan fingerprint density at radius 2 is 0.934 bits per heavy atom. The molecule has 1 N–H and O–H groups in total. The second-order valence-electron chi connectivity index (χ2n) is 21.0. The first kappa shape index (κ1) is 53.7. The van der Waals surface area contributed by atoms with Crippen LogP contribution in [0.15, 0.2) is 0 Å². The molecule has 7 nitrogen and oxygen atoms in total. The lowest BCUT2D eigenvalue weighted by molar-refractivity contribution is -0.144. The highest BCUT2D eigenvalue weighted by atomic mass is 16.5.